The van der Waals surface area contributed by atoms with Crippen LogP contribution in [-0.2, 0) is 10.5 Å². The zero-order valence-corrected chi connectivity index (χ0v) is 18.9. The number of hydrogen-bond donors (Lipinski definition) is 2. The van der Waals surface area contributed by atoms with Crippen LogP contribution >= 0.6 is 0 Å². The van der Waals surface area contributed by atoms with Crippen LogP contribution in [0.2, 0.25) is 0 Å². The molecule has 0 fully saturated rings. The van der Waals surface area contributed by atoms with E-state index >= 15 is 0 Å². The summed E-state index contributed by atoms with van der Waals surface area (Å²) in [6.45, 7) is 0. The van der Waals surface area contributed by atoms with E-state index in [2.05, 4.69) is 0 Å². The lowest BCUT2D eigenvalue weighted by Crippen LogP contribution is -2.32. The first kappa shape index (κ1) is 22.5. The summed E-state index contributed by atoms with van der Waals surface area (Å²) < 4.78 is 27.7. The zero-order chi connectivity index (χ0) is 25.0. The van der Waals surface area contributed by atoms with Crippen molar-refractivity contribution in [2.75, 3.05) is 0 Å². The molecule has 0 aliphatic heterocycles. The molecule has 6 rings (SSSR count). The quantitative estimate of drug-likeness (QED) is 0.211. The Morgan fingerprint density at radius 2 is 1.33 bits per heavy atom. The number of carbonyl (C=O) groups is 1. The summed E-state index contributed by atoms with van der Waals surface area (Å²) in [5, 5.41) is 22.2. The molecule has 4 nitrogen and oxygen atoms in total. The molecule has 178 valence electrons. The topological polar surface area (TPSA) is 66.8 Å². The molecule has 2 N–H and O–H groups in total. The molecule has 0 heterocycles. The van der Waals surface area contributed by atoms with Crippen LogP contribution in [0.4, 0.5) is 8.78 Å². The average Bonchev–Trinajstić information content (AvgIpc) is 3.33. The van der Waals surface area contributed by atoms with Crippen LogP contribution in [0, 0.1) is 11.6 Å². The van der Waals surface area contributed by atoms with Crippen molar-refractivity contribution in [3.63, 3.8) is 0 Å². The minimum atomic E-state index is -1.77. The summed E-state index contributed by atoms with van der Waals surface area (Å²) in [7, 11) is 0. The Morgan fingerprint density at radius 3 is 2.00 bits per heavy atom. The Balaban J connectivity index is 1.72. The van der Waals surface area contributed by atoms with Crippen LogP contribution in [-0.4, -0.2) is 16.1 Å². The van der Waals surface area contributed by atoms with Gasteiger partial charge < -0.3 is 5.11 Å². The van der Waals surface area contributed by atoms with E-state index in [0.717, 1.165) is 0 Å². The highest BCUT2D eigenvalue weighted by Gasteiger charge is 2.55. The van der Waals surface area contributed by atoms with Crippen LogP contribution in [0.15, 0.2) is 108 Å². The van der Waals surface area contributed by atoms with Gasteiger partial charge >= 0.3 is 0 Å². The maximum absolute atomic E-state index is 14.0. The molecule has 0 saturated carbocycles. The van der Waals surface area contributed by atoms with Crippen molar-refractivity contribution in [1.29, 1.82) is 0 Å². The van der Waals surface area contributed by atoms with Crippen molar-refractivity contribution in [3.05, 3.63) is 153 Å². The molecule has 0 spiro atoms. The number of allylic oxidation sites excluding steroid dienone is 1. The van der Waals surface area contributed by atoms with Gasteiger partial charge in [-0.2, -0.15) is 0 Å². The van der Waals surface area contributed by atoms with Crippen LogP contribution in [0.25, 0.3) is 0 Å². The minimum absolute atomic E-state index is 0.147. The number of aliphatic hydroxyl groups is 1. The molecule has 2 aliphatic rings. The maximum atomic E-state index is 14.0. The lowest BCUT2D eigenvalue weighted by Gasteiger charge is -2.32. The van der Waals surface area contributed by atoms with Crippen molar-refractivity contribution < 1.29 is 28.8 Å². The Labute approximate surface area is 205 Å². The van der Waals surface area contributed by atoms with E-state index in [1.54, 1.807) is 48.5 Å². The summed E-state index contributed by atoms with van der Waals surface area (Å²) in [6, 6.07) is 25.2. The maximum Gasteiger partial charge on any atom is 0.190 e. The van der Waals surface area contributed by atoms with Crippen LogP contribution in [0.3, 0.4) is 0 Å². The number of fused-ring (bicyclic) bond motifs is 2. The SMILES string of the molecule is O=C1/C(=C2\[C@H](O)c3ccccc3[C@]2(OO)c2ccc(F)cc2)[C@H](c2ccc(F)cc2)c2ccccc21. The zero-order valence-electron chi connectivity index (χ0n) is 18.9. The van der Waals surface area contributed by atoms with Gasteiger partial charge in [0.05, 0.1) is 0 Å². The fourth-order valence-electron chi connectivity index (χ4n) is 5.70. The van der Waals surface area contributed by atoms with Crippen LogP contribution in [0.1, 0.15) is 50.2 Å². The molecule has 2 aliphatic carbocycles. The average molecular weight is 482 g/mol. The summed E-state index contributed by atoms with van der Waals surface area (Å²) in [4.78, 5) is 19.2. The number of halogens is 2. The molecule has 0 amide bonds. The van der Waals surface area contributed by atoms with E-state index in [-0.39, 0.29) is 16.9 Å². The smallest absolute Gasteiger partial charge is 0.190 e. The van der Waals surface area contributed by atoms with E-state index in [4.69, 9.17) is 4.89 Å². The molecular weight excluding hydrogens is 462 g/mol. The molecule has 0 saturated heterocycles. The number of carbonyl (C=O) groups excluding carboxylic acids is 1. The van der Waals surface area contributed by atoms with E-state index < -0.39 is 29.3 Å². The molecule has 0 unspecified atom stereocenters. The second-order valence-corrected chi connectivity index (χ2v) is 9.00. The van der Waals surface area contributed by atoms with Gasteiger partial charge in [-0.15, -0.1) is 0 Å². The van der Waals surface area contributed by atoms with Gasteiger partial charge in [0, 0.05) is 28.2 Å². The van der Waals surface area contributed by atoms with Gasteiger partial charge in [0.15, 0.2) is 11.4 Å². The van der Waals surface area contributed by atoms with Crippen molar-refractivity contribution in [1.82, 2.24) is 0 Å². The third-order valence-corrected chi connectivity index (χ3v) is 7.22. The molecule has 0 bridgehead atoms. The van der Waals surface area contributed by atoms with Gasteiger partial charge in [0.1, 0.15) is 17.7 Å². The lowest BCUT2D eigenvalue weighted by molar-refractivity contribution is -0.303. The van der Waals surface area contributed by atoms with E-state index in [1.807, 2.05) is 12.1 Å². The van der Waals surface area contributed by atoms with Crippen LogP contribution in [0.5, 0.6) is 0 Å². The summed E-state index contributed by atoms with van der Waals surface area (Å²) in [5.74, 6) is -1.88. The highest BCUT2D eigenvalue weighted by molar-refractivity contribution is 6.16. The molecule has 36 heavy (non-hydrogen) atoms. The largest absolute Gasteiger partial charge is 0.384 e. The van der Waals surface area contributed by atoms with Crippen molar-refractivity contribution in [3.8, 4) is 0 Å². The Bertz CT molecular complexity index is 1530. The Hall–Kier alpha value is -3.97. The van der Waals surface area contributed by atoms with E-state index in [0.29, 0.717) is 33.4 Å². The first-order valence-electron chi connectivity index (χ1n) is 11.5. The predicted molar refractivity (Wildman–Crippen MR) is 128 cm³/mol. The van der Waals surface area contributed by atoms with Gasteiger partial charge in [-0.3, -0.25) is 10.1 Å². The Kier molecular flexibility index (Phi) is 5.19. The van der Waals surface area contributed by atoms with E-state index in [1.165, 1.54) is 36.4 Å². The van der Waals surface area contributed by atoms with Crippen molar-refractivity contribution >= 4 is 5.78 Å². The predicted octanol–water partition coefficient (Wildman–Crippen LogP) is 6.07. The number of ketones is 1. The molecular formula is C30H20F2O4. The molecule has 0 radical (unpaired) electrons. The van der Waals surface area contributed by atoms with E-state index in [9.17, 15) is 23.9 Å². The summed E-state index contributed by atoms with van der Waals surface area (Å²) >= 11 is 0. The standard InChI is InChI=1S/C30H20F2O4/c31-19-13-9-17(10-14-19)25-21-5-1-2-6-22(21)28(33)26(25)27-29(34)23-7-3-4-8-24(23)30(27,36-35)18-11-15-20(32)16-12-18/h1-16,25,29,34-35H/b27-26+/t25-,29-,30-/m1/s1. The number of Topliss-reactive ketones (excluding diaryl/α,β-unsaturated/α-hetero) is 1. The van der Waals surface area contributed by atoms with Gasteiger partial charge in [-0.25, -0.2) is 13.7 Å². The van der Waals surface area contributed by atoms with Gasteiger partial charge in [-0.1, -0.05) is 72.8 Å². The second kappa shape index (κ2) is 8.31. The highest BCUT2D eigenvalue weighted by Crippen LogP contribution is 2.58. The first-order valence-corrected chi connectivity index (χ1v) is 11.5. The van der Waals surface area contributed by atoms with Gasteiger partial charge in [0.25, 0.3) is 0 Å². The number of hydrogen-bond acceptors (Lipinski definition) is 4. The Morgan fingerprint density at radius 1 is 0.750 bits per heavy atom. The number of benzene rings is 4. The highest BCUT2D eigenvalue weighted by atomic mass is 19.1. The third-order valence-electron chi connectivity index (χ3n) is 7.22. The second-order valence-electron chi connectivity index (χ2n) is 9.00. The third kappa shape index (κ3) is 3.05. The number of aliphatic hydroxyl groups excluding tert-OH is 1. The monoisotopic (exact) mass is 482 g/mol. The fourth-order valence-corrected chi connectivity index (χ4v) is 5.70. The number of rotatable bonds is 3. The van der Waals surface area contributed by atoms with Crippen molar-refractivity contribution in [2.45, 2.75) is 17.6 Å². The first-order chi connectivity index (χ1) is 17.5. The molecule has 0 aromatic heterocycles. The molecule has 4 aromatic carbocycles. The summed E-state index contributed by atoms with van der Waals surface area (Å²) in [6.07, 6.45) is -1.30. The van der Waals surface area contributed by atoms with Crippen LogP contribution < -0.4 is 0 Å². The molecule has 3 atom stereocenters. The summed E-state index contributed by atoms with van der Waals surface area (Å²) in [5.41, 5.74) is 1.64. The van der Waals surface area contributed by atoms with Gasteiger partial charge in [0.2, 0.25) is 0 Å². The normalized spacial score (nSPS) is 24.6. The van der Waals surface area contributed by atoms with Crippen molar-refractivity contribution in [2.24, 2.45) is 0 Å². The lowest BCUT2D eigenvalue weighted by atomic mass is 9.78. The van der Waals surface area contributed by atoms with Gasteiger partial charge in [-0.05, 0) is 46.5 Å². The molecule has 4 aromatic rings. The molecule has 6 heteroatoms. The minimum Gasteiger partial charge on any atom is -0.384 e. The fraction of sp³-hybridized carbons (Fsp3) is 0.100.